The zero-order chi connectivity index (χ0) is 24.5. The van der Waals surface area contributed by atoms with Crippen molar-refractivity contribution >= 4 is 50.3 Å². The van der Waals surface area contributed by atoms with Gasteiger partial charge in [-0.05, 0) is 23.9 Å². The molecule has 0 aromatic carbocycles. The normalized spacial score (nSPS) is 18.1. The van der Waals surface area contributed by atoms with Gasteiger partial charge in [0.15, 0.2) is 11.7 Å². The van der Waals surface area contributed by atoms with Gasteiger partial charge in [0.25, 0.3) is 0 Å². The fourth-order valence-corrected chi connectivity index (χ4v) is 6.14. The van der Waals surface area contributed by atoms with Crippen LogP contribution in [0.15, 0.2) is 29.9 Å². The van der Waals surface area contributed by atoms with Crippen molar-refractivity contribution in [3.05, 3.63) is 45.2 Å². The Kier molecular flexibility index (Phi) is 4.86. The largest absolute Gasteiger partial charge is 0.465 e. The van der Waals surface area contributed by atoms with Crippen LogP contribution >= 0.6 is 22.7 Å². The molecule has 0 bridgehead atoms. The molecular weight excluding hydrogens is 503 g/mol. The molecule has 5 aromatic heterocycles. The molecule has 0 saturated heterocycles. The summed E-state index contributed by atoms with van der Waals surface area (Å²) in [6.07, 6.45) is -3.20. The van der Waals surface area contributed by atoms with Crippen LogP contribution in [0.2, 0.25) is 0 Å². The Morgan fingerprint density at radius 3 is 2.86 bits per heavy atom. The Morgan fingerprint density at radius 2 is 2.14 bits per heavy atom. The average molecular weight is 520 g/mol. The topological polar surface area (TPSA) is 99.2 Å². The molecule has 0 radical (unpaired) electrons. The van der Waals surface area contributed by atoms with Crippen molar-refractivity contribution in [3.63, 3.8) is 0 Å². The van der Waals surface area contributed by atoms with Gasteiger partial charge in [0.1, 0.15) is 27.5 Å². The van der Waals surface area contributed by atoms with E-state index in [0.29, 0.717) is 26.3 Å². The van der Waals surface area contributed by atoms with Gasteiger partial charge in [0.05, 0.1) is 18.5 Å². The molecule has 0 amide bonds. The highest BCUT2D eigenvalue weighted by molar-refractivity contribution is 7.20. The highest BCUT2D eigenvalue weighted by Crippen LogP contribution is 2.45. The van der Waals surface area contributed by atoms with Crippen molar-refractivity contribution in [2.24, 2.45) is 0 Å². The molecular formula is C21H16F3N7O2S2. The molecule has 9 nitrogen and oxygen atoms in total. The number of carbonyl (C=O) groups excluding carboxylic acids is 1. The maximum absolute atomic E-state index is 14.0. The number of alkyl halides is 3. The van der Waals surface area contributed by atoms with Gasteiger partial charge in [-0.3, -0.25) is 0 Å². The first kappa shape index (κ1) is 22.0. The van der Waals surface area contributed by atoms with Crippen LogP contribution in [0.1, 0.15) is 38.6 Å². The van der Waals surface area contributed by atoms with Gasteiger partial charge in [-0.25, -0.2) is 24.0 Å². The molecule has 2 atom stereocenters. The van der Waals surface area contributed by atoms with E-state index in [-0.39, 0.29) is 23.8 Å². The van der Waals surface area contributed by atoms with Gasteiger partial charge >= 0.3 is 12.1 Å². The minimum absolute atomic E-state index is 0.154. The van der Waals surface area contributed by atoms with Crippen LogP contribution in [0.3, 0.4) is 0 Å². The number of thiophene rings is 2. The number of methoxy groups -OCH3 is 1. The average Bonchev–Trinajstić information content (AvgIpc) is 3.61. The second-order valence-electron chi connectivity index (χ2n) is 8.04. The zero-order valence-corrected chi connectivity index (χ0v) is 19.8. The fraction of sp³-hybridized carbons (Fsp3) is 0.286. The van der Waals surface area contributed by atoms with Gasteiger partial charge in [0.2, 0.25) is 5.82 Å². The van der Waals surface area contributed by atoms with Crippen LogP contribution in [0.25, 0.3) is 27.4 Å². The molecule has 0 fully saturated rings. The minimum Gasteiger partial charge on any atom is -0.465 e. The summed E-state index contributed by atoms with van der Waals surface area (Å²) in [5.41, 5.74) is 1.28. The zero-order valence-electron chi connectivity index (χ0n) is 18.2. The third-order valence-electron chi connectivity index (χ3n) is 5.94. The summed E-state index contributed by atoms with van der Waals surface area (Å²) in [6.45, 7) is 1.76. The van der Waals surface area contributed by atoms with E-state index in [1.54, 1.807) is 6.92 Å². The molecule has 0 aliphatic carbocycles. The third-order valence-corrected chi connectivity index (χ3v) is 8.11. The molecule has 0 spiro atoms. The predicted octanol–water partition coefficient (Wildman–Crippen LogP) is 5.02. The number of hydrogen-bond acceptors (Lipinski definition) is 9. The van der Waals surface area contributed by atoms with Crippen molar-refractivity contribution in [1.82, 2.24) is 29.4 Å². The fourth-order valence-electron chi connectivity index (χ4n) is 4.29. The molecule has 0 saturated carbocycles. The van der Waals surface area contributed by atoms with E-state index in [1.807, 2.05) is 17.5 Å². The van der Waals surface area contributed by atoms with Gasteiger partial charge in [-0.15, -0.1) is 27.8 Å². The van der Waals surface area contributed by atoms with Crippen LogP contribution in [0.4, 0.5) is 19.0 Å². The highest BCUT2D eigenvalue weighted by atomic mass is 32.1. The van der Waals surface area contributed by atoms with Crippen molar-refractivity contribution in [1.29, 1.82) is 0 Å². The maximum atomic E-state index is 14.0. The Bertz CT molecular complexity index is 1590. The summed E-state index contributed by atoms with van der Waals surface area (Å²) in [5.74, 6) is -0.0784. The molecule has 1 N–H and O–H groups in total. The van der Waals surface area contributed by atoms with E-state index in [0.717, 1.165) is 9.56 Å². The number of hydrogen-bond donors (Lipinski definition) is 1. The number of halogens is 3. The van der Waals surface area contributed by atoms with Gasteiger partial charge in [-0.2, -0.15) is 18.3 Å². The Morgan fingerprint density at radius 1 is 1.31 bits per heavy atom. The van der Waals surface area contributed by atoms with Crippen molar-refractivity contribution in [3.8, 4) is 11.5 Å². The number of carbonyl (C=O) groups is 1. The summed E-state index contributed by atoms with van der Waals surface area (Å²) in [6, 6.07) is 2.89. The Hall–Kier alpha value is -3.52. The number of nitrogens with one attached hydrogen (secondary N) is 1. The molecule has 6 rings (SSSR count). The molecule has 35 heavy (non-hydrogen) atoms. The van der Waals surface area contributed by atoms with Crippen LogP contribution < -0.4 is 5.32 Å². The summed E-state index contributed by atoms with van der Waals surface area (Å²) in [5, 5.41) is 14.3. The number of esters is 1. The summed E-state index contributed by atoms with van der Waals surface area (Å²) in [7, 11) is 1.30. The van der Waals surface area contributed by atoms with Gasteiger partial charge in [-0.1, -0.05) is 6.07 Å². The Labute approximate surface area is 203 Å². The lowest BCUT2D eigenvalue weighted by molar-refractivity contribution is -0.173. The van der Waals surface area contributed by atoms with Gasteiger partial charge < -0.3 is 10.1 Å². The molecule has 0 unspecified atom stereocenters. The van der Waals surface area contributed by atoms with E-state index < -0.39 is 24.2 Å². The second kappa shape index (κ2) is 7.75. The molecule has 180 valence electrons. The first-order chi connectivity index (χ1) is 16.7. The summed E-state index contributed by atoms with van der Waals surface area (Å²) >= 11 is 2.58. The number of anilines is 1. The van der Waals surface area contributed by atoms with Crippen molar-refractivity contribution in [2.45, 2.75) is 31.6 Å². The minimum atomic E-state index is -4.48. The Balaban J connectivity index is 1.46. The van der Waals surface area contributed by atoms with E-state index in [2.05, 4.69) is 25.5 Å². The number of aryl methyl sites for hydroxylation is 1. The monoisotopic (exact) mass is 519 g/mol. The maximum Gasteiger partial charge on any atom is 0.410 e. The molecule has 6 heterocycles. The number of fused-ring (bicyclic) bond motifs is 4. The third kappa shape index (κ3) is 3.46. The van der Waals surface area contributed by atoms with Crippen LogP contribution in [0.5, 0.6) is 0 Å². The van der Waals surface area contributed by atoms with E-state index >= 15 is 0 Å². The molecule has 5 aromatic rings. The van der Waals surface area contributed by atoms with Crippen LogP contribution in [-0.2, 0) is 4.74 Å². The smallest absolute Gasteiger partial charge is 0.410 e. The molecule has 14 heteroatoms. The van der Waals surface area contributed by atoms with Crippen LogP contribution in [0, 0.1) is 6.92 Å². The quantitative estimate of drug-likeness (QED) is 0.334. The number of ether oxygens (including phenoxy) is 1. The van der Waals surface area contributed by atoms with Crippen LogP contribution in [-0.4, -0.2) is 48.6 Å². The number of rotatable bonds is 3. The highest BCUT2D eigenvalue weighted by Gasteiger charge is 2.47. The van der Waals surface area contributed by atoms with Crippen molar-refractivity contribution < 1.29 is 22.7 Å². The SMILES string of the molecule is COC(=O)c1sc2ncn3nc(-c4cc5n(n4)[C@H](C(F)(F)F)C[C@@H](c4cccs4)N5)nc3c2c1C. The lowest BCUT2D eigenvalue weighted by Gasteiger charge is -2.32. The summed E-state index contributed by atoms with van der Waals surface area (Å²) < 4.78 is 49.1. The first-order valence-electron chi connectivity index (χ1n) is 10.4. The van der Waals surface area contributed by atoms with E-state index in [4.69, 9.17) is 4.74 Å². The molecule has 1 aliphatic rings. The first-order valence-corrected chi connectivity index (χ1v) is 12.1. The lowest BCUT2D eigenvalue weighted by atomic mass is 10.0. The summed E-state index contributed by atoms with van der Waals surface area (Å²) in [4.78, 5) is 22.8. The predicted molar refractivity (Wildman–Crippen MR) is 124 cm³/mol. The lowest BCUT2D eigenvalue weighted by Crippen LogP contribution is -2.35. The molecule has 1 aliphatic heterocycles. The second-order valence-corrected chi connectivity index (χ2v) is 10.0. The van der Waals surface area contributed by atoms with E-state index in [1.165, 1.54) is 46.7 Å². The van der Waals surface area contributed by atoms with Gasteiger partial charge in [0, 0.05) is 17.4 Å². The van der Waals surface area contributed by atoms with E-state index in [9.17, 15) is 18.0 Å². The number of aromatic nitrogens is 6. The standard InChI is InChI=1S/C21H16F3N7O2S2/c1-9-15-18-27-17(29-30(18)8-25-19(15)35-16(9)20(32)33-2)11-7-14-26-10(12-4-3-5-34-12)6-13(21(22,23)24)31(14)28-11/h3-5,7-8,10,13,26H,6H2,1-2H3/t10-,13-/m0/s1. The number of nitrogens with zero attached hydrogens (tertiary/aromatic N) is 6. The van der Waals surface area contributed by atoms with Crippen molar-refractivity contribution in [2.75, 3.05) is 12.4 Å².